The van der Waals surface area contributed by atoms with Crippen LogP contribution in [0, 0.1) is 6.92 Å². The van der Waals surface area contributed by atoms with Crippen LogP contribution in [0.15, 0.2) is 18.3 Å². The molecule has 0 saturated carbocycles. The predicted octanol–water partition coefficient (Wildman–Crippen LogP) is 1.76. The Morgan fingerprint density at radius 2 is 1.52 bits per heavy atom. The van der Waals surface area contributed by atoms with Gasteiger partial charge in [-0.15, -0.1) is 0 Å². The quantitative estimate of drug-likeness (QED) is 0.760. The van der Waals surface area contributed by atoms with Gasteiger partial charge in [0.15, 0.2) is 0 Å². The third-order valence-corrected chi connectivity index (χ3v) is 4.96. The van der Waals surface area contributed by atoms with Crippen molar-refractivity contribution in [2.24, 2.45) is 0 Å². The third-order valence-electron chi connectivity index (χ3n) is 4.96. The summed E-state index contributed by atoms with van der Waals surface area (Å²) >= 11 is 0. The summed E-state index contributed by atoms with van der Waals surface area (Å²) in [6.45, 7) is 6.65. The highest BCUT2D eigenvalue weighted by molar-refractivity contribution is 5.47. The Balaban J connectivity index is 1.44. The van der Waals surface area contributed by atoms with Crippen LogP contribution in [0.5, 0.6) is 0 Å². The summed E-state index contributed by atoms with van der Waals surface area (Å²) in [7, 11) is 0. The van der Waals surface area contributed by atoms with E-state index in [-0.39, 0.29) is 5.82 Å². The number of nitrogens with zero attached hydrogens (tertiary/aromatic N) is 7. The molecule has 11 heteroatoms. The van der Waals surface area contributed by atoms with Gasteiger partial charge in [0.1, 0.15) is 23.2 Å². The predicted molar refractivity (Wildman–Crippen MR) is 101 cm³/mol. The van der Waals surface area contributed by atoms with Crippen molar-refractivity contribution in [2.75, 3.05) is 67.2 Å². The average Bonchev–Trinajstić information content (AvgIpc) is 2.73. The Bertz CT molecular complexity index is 850. The molecule has 2 saturated heterocycles. The number of halogens is 3. The van der Waals surface area contributed by atoms with E-state index in [1.54, 1.807) is 6.20 Å². The molecule has 2 aromatic rings. The molecule has 0 unspecified atom stereocenters. The van der Waals surface area contributed by atoms with Crippen molar-refractivity contribution in [2.45, 2.75) is 13.1 Å². The number of hydrogen-bond acceptors (Lipinski definition) is 8. The Hall–Kier alpha value is -2.69. The highest BCUT2D eigenvalue weighted by Gasteiger charge is 2.34. The molecule has 29 heavy (non-hydrogen) atoms. The molecule has 0 radical (unpaired) electrons. The maximum atomic E-state index is 13.0. The zero-order valence-electron chi connectivity index (χ0n) is 16.1. The first-order chi connectivity index (χ1) is 13.9. The molecule has 0 aliphatic carbocycles. The van der Waals surface area contributed by atoms with Gasteiger partial charge in [0.05, 0.1) is 13.2 Å². The summed E-state index contributed by atoms with van der Waals surface area (Å²) in [5.74, 6) is 1.90. The lowest BCUT2D eigenvalue weighted by Crippen LogP contribution is -2.47. The topological polar surface area (TPSA) is 70.5 Å². The number of hydrogen-bond donors (Lipinski definition) is 0. The number of aryl methyl sites for hydroxylation is 1. The van der Waals surface area contributed by atoms with Crippen LogP contribution in [-0.2, 0) is 10.9 Å². The van der Waals surface area contributed by atoms with Crippen LogP contribution in [0.1, 0.15) is 11.5 Å². The molecule has 2 aliphatic rings. The zero-order chi connectivity index (χ0) is 20.4. The molecular formula is C18H22F3N7O. The molecule has 0 bridgehead atoms. The van der Waals surface area contributed by atoms with Crippen molar-refractivity contribution in [3.63, 3.8) is 0 Å². The minimum absolute atomic E-state index is 0.110. The van der Waals surface area contributed by atoms with Gasteiger partial charge in [-0.3, -0.25) is 0 Å². The first-order valence-electron chi connectivity index (χ1n) is 9.49. The van der Waals surface area contributed by atoms with Gasteiger partial charge in [-0.1, -0.05) is 0 Å². The maximum Gasteiger partial charge on any atom is 0.433 e. The van der Waals surface area contributed by atoms with Gasteiger partial charge >= 0.3 is 6.18 Å². The van der Waals surface area contributed by atoms with Crippen LogP contribution in [0.25, 0.3) is 0 Å². The molecule has 4 rings (SSSR count). The monoisotopic (exact) mass is 409 g/mol. The van der Waals surface area contributed by atoms with Crippen molar-refractivity contribution < 1.29 is 17.9 Å². The Morgan fingerprint density at radius 1 is 0.862 bits per heavy atom. The second kappa shape index (κ2) is 7.97. The van der Waals surface area contributed by atoms with Crippen LogP contribution >= 0.6 is 0 Å². The number of morpholine rings is 1. The second-order valence-corrected chi connectivity index (χ2v) is 6.94. The standard InChI is InChI=1S/C18H22F3N7O/c1-13-23-14(18(19,20)21)12-16(24-13)26-4-6-28(7-5-26)17-22-3-2-15(25-17)27-8-10-29-11-9-27/h2-3,12H,4-11H2,1H3. The molecule has 2 fully saturated rings. The second-order valence-electron chi connectivity index (χ2n) is 6.94. The summed E-state index contributed by atoms with van der Waals surface area (Å²) < 4.78 is 44.5. The highest BCUT2D eigenvalue weighted by atomic mass is 19.4. The van der Waals surface area contributed by atoms with E-state index in [4.69, 9.17) is 4.74 Å². The van der Waals surface area contributed by atoms with E-state index >= 15 is 0 Å². The van der Waals surface area contributed by atoms with Gasteiger partial charge in [-0.25, -0.2) is 15.0 Å². The molecule has 2 aromatic heterocycles. The van der Waals surface area contributed by atoms with Crippen molar-refractivity contribution >= 4 is 17.6 Å². The van der Waals surface area contributed by atoms with Crippen LogP contribution in [0.2, 0.25) is 0 Å². The number of anilines is 3. The summed E-state index contributed by atoms with van der Waals surface area (Å²) in [5, 5.41) is 0. The number of aromatic nitrogens is 4. The van der Waals surface area contributed by atoms with Gasteiger partial charge in [0.25, 0.3) is 0 Å². The molecule has 0 spiro atoms. The molecule has 2 aliphatic heterocycles. The Kier molecular flexibility index (Phi) is 5.39. The van der Waals surface area contributed by atoms with E-state index in [0.29, 0.717) is 51.2 Å². The maximum absolute atomic E-state index is 13.0. The van der Waals surface area contributed by atoms with Crippen molar-refractivity contribution in [3.8, 4) is 0 Å². The molecule has 4 heterocycles. The summed E-state index contributed by atoms with van der Waals surface area (Å²) in [6, 6.07) is 2.89. The number of alkyl halides is 3. The lowest BCUT2D eigenvalue weighted by molar-refractivity contribution is -0.141. The van der Waals surface area contributed by atoms with E-state index < -0.39 is 11.9 Å². The van der Waals surface area contributed by atoms with E-state index in [1.807, 2.05) is 15.9 Å². The highest BCUT2D eigenvalue weighted by Crippen LogP contribution is 2.30. The number of ether oxygens (including phenoxy) is 1. The first-order valence-corrected chi connectivity index (χ1v) is 9.49. The SMILES string of the molecule is Cc1nc(N2CCN(c3nccc(N4CCOCC4)n3)CC2)cc(C(F)(F)F)n1. The lowest BCUT2D eigenvalue weighted by Gasteiger charge is -2.36. The van der Waals surface area contributed by atoms with Gasteiger partial charge in [-0.2, -0.15) is 18.2 Å². The Morgan fingerprint density at radius 3 is 2.21 bits per heavy atom. The van der Waals surface area contributed by atoms with E-state index in [2.05, 4.69) is 24.8 Å². The lowest BCUT2D eigenvalue weighted by atomic mass is 10.3. The van der Waals surface area contributed by atoms with E-state index in [9.17, 15) is 13.2 Å². The fourth-order valence-electron chi connectivity index (χ4n) is 3.45. The summed E-state index contributed by atoms with van der Waals surface area (Å²) in [4.78, 5) is 22.8. The number of piperazine rings is 1. The summed E-state index contributed by atoms with van der Waals surface area (Å²) in [5.41, 5.74) is -0.913. The van der Waals surface area contributed by atoms with Gasteiger partial charge < -0.3 is 19.4 Å². The van der Waals surface area contributed by atoms with Gasteiger partial charge in [-0.05, 0) is 13.0 Å². The van der Waals surface area contributed by atoms with Crippen LogP contribution in [-0.4, -0.2) is 72.4 Å². The molecule has 8 nitrogen and oxygen atoms in total. The minimum Gasteiger partial charge on any atom is -0.378 e. The molecule has 0 aromatic carbocycles. The minimum atomic E-state index is -4.49. The van der Waals surface area contributed by atoms with E-state index in [1.165, 1.54) is 6.92 Å². The van der Waals surface area contributed by atoms with Crippen molar-refractivity contribution in [1.82, 2.24) is 19.9 Å². The third kappa shape index (κ3) is 4.50. The van der Waals surface area contributed by atoms with Crippen molar-refractivity contribution in [1.29, 1.82) is 0 Å². The molecule has 0 atom stereocenters. The largest absolute Gasteiger partial charge is 0.433 e. The number of rotatable bonds is 3. The van der Waals surface area contributed by atoms with Crippen LogP contribution in [0.3, 0.4) is 0 Å². The molecular weight excluding hydrogens is 387 g/mol. The Labute approximate surface area is 166 Å². The summed E-state index contributed by atoms with van der Waals surface area (Å²) in [6.07, 6.45) is -2.75. The van der Waals surface area contributed by atoms with Gasteiger partial charge in [0.2, 0.25) is 5.95 Å². The molecule has 156 valence electrons. The zero-order valence-corrected chi connectivity index (χ0v) is 16.1. The van der Waals surface area contributed by atoms with Crippen LogP contribution in [0.4, 0.5) is 30.8 Å². The smallest absolute Gasteiger partial charge is 0.378 e. The molecule has 0 amide bonds. The fourth-order valence-corrected chi connectivity index (χ4v) is 3.45. The van der Waals surface area contributed by atoms with Crippen molar-refractivity contribution in [3.05, 3.63) is 29.8 Å². The van der Waals surface area contributed by atoms with Gasteiger partial charge in [0, 0.05) is 51.5 Å². The first kappa shape index (κ1) is 19.6. The molecule has 0 N–H and O–H groups in total. The normalized spacial score (nSPS) is 18.3. The average molecular weight is 409 g/mol. The van der Waals surface area contributed by atoms with E-state index in [0.717, 1.165) is 25.0 Å². The fraction of sp³-hybridized carbons (Fsp3) is 0.556. The van der Waals surface area contributed by atoms with Crippen LogP contribution < -0.4 is 14.7 Å².